The summed E-state index contributed by atoms with van der Waals surface area (Å²) >= 11 is 0. The van der Waals surface area contributed by atoms with Crippen molar-refractivity contribution in [2.45, 2.75) is 19.3 Å². The van der Waals surface area contributed by atoms with E-state index in [0.717, 1.165) is 12.8 Å². The summed E-state index contributed by atoms with van der Waals surface area (Å²) in [7, 11) is 0. The third kappa shape index (κ3) is 8.82. The SMILES string of the molecule is [CH2-]CCC[CH2-].[W+2]. The molecule has 0 unspecified atom stereocenters. The Labute approximate surface area is 54.6 Å². The van der Waals surface area contributed by atoms with Gasteiger partial charge in [-0.3, -0.25) is 0 Å². The summed E-state index contributed by atoms with van der Waals surface area (Å²) < 4.78 is 0. The largest absolute Gasteiger partial charge is 2.00 e. The van der Waals surface area contributed by atoms with Crippen LogP contribution in [0.4, 0.5) is 0 Å². The molecule has 0 heterocycles. The second kappa shape index (κ2) is 9.19. The van der Waals surface area contributed by atoms with Crippen LogP contribution in [-0.4, -0.2) is 0 Å². The molecule has 0 aromatic heterocycles. The minimum Gasteiger partial charge on any atom is -0.343 e. The Morgan fingerprint density at radius 3 is 1.33 bits per heavy atom. The molecular weight excluding hydrogens is 244 g/mol. The van der Waals surface area contributed by atoms with Gasteiger partial charge in [0.2, 0.25) is 0 Å². The van der Waals surface area contributed by atoms with Gasteiger partial charge in [0, 0.05) is 0 Å². The minimum atomic E-state index is 0. The predicted molar refractivity (Wildman–Crippen MR) is 24.6 cm³/mol. The maximum atomic E-state index is 3.64. The van der Waals surface area contributed by atoms with Crippen LogP contribution >= 0.6 is 0 Å². The maximum absolute atomic E-state index is 3.64. The van der Waals surface area contributed by atoms with Gasteiger partial charge in [-0.1, -0.05) is 0 Å². The van der Waals surface area contributed by atoms with Crippen LogP contribution in [0.3, 0.4) is 0 Å². The van der Waals surface area contributed by atoms with Gasteiger partial charge < -0.3 is 13.8 Å². The van der Waals surface area contributed by atoms with Gasteiger partial charge in [-0.05, 0) is 0 Å². The maximum Gasteiger partial charge on any atom is 2.00 e. The van der Waals surface area contributed by atoms with Crippen LogP contribution in [0, 0.1) is 13.8 Å². The quantitative estimate of drug-likeness (QED) is 0.659. The standard InChI is InChI=1S/C5H10.W/c1-3-5-4-2;/h1-5H2;/q-2;+2. The molecule has 0 saturated carbocycles. The van der Waals surface area contributed by atoms with Crippen molar-refractivity contribution >= 4 is 0 Å². The van der Waals surface area contributed by atoms with Crippen molar-refractivity contribution in [1.29, 1.82) is 0 Å². The smallest absolute Gasteiger partial charge is 0.343 e. The van der Waals surface area contributed by atoms with Crippen molar-refractivity contribution in [3.63, 3.8) is 0 Å². The Hall–Kier alpha value is 0.688. The van der Waals surface area contributed by atoms with E-state index in [4.69, 9.17) is 0 Å². The molecular formula is C5H10W. The van der Waals surface area contributed by atoms with E-state index >= 15 is 0 Å². The van der Waals surface area contributed by atoms with E-state index in [-0.39, 0.29) is 21.1 Å². The summed E-state index contributed by atoms with van der Waals surface area (Å²) in [6, 6.07) is 0. The van der Waals surface area contributed by atoms with Crippen molar-refractivity contribution in [1.82, 2.24) is 0 Å². The molecule has 1 heteroatoms. The molecule has 0 spiro atoms. The van der Waals surface area contributed by atoms with Gasteiger partial charge in [0.1, 0.15) is 0 Å². The summed E-state index contributed by atoms with van der Waals surface area (Å²) in [5, 5.41) is 0. The fraction of sp³-hybridized carbons (Fsp3) is 0.600. The fourth-order valence-electron chi connectivity index (χ4n) is 0.177. The van der Waals surface area contributed by atoms with Crippen LogP contribution in [0.2, 0.25) is 0 Å². The van der Waals surface area contributed by atoms with E-state index in [1.54, 1.807) is 0 Å². The topological polar surface area (TPSA) is 0 Å². The molecule has 0 fully saturated rings. The van der Waals surface area contributed by atoms with E-state index in [9.17, 15) is 0 Å². The van der Waals surface area contributed by atoms with Crippen LogP contribution in [-0.2, 0) is 21.1 Å². The Morgan fingerprint density at radius 1 is 1.00 bits per heavy atom. The molecule has 0 saturated heterocycles. The molecule has 0 radical (unpaired) electrons. The monoisotopic (exact) mass is 254 g/mol. The first-order valence-corrected chi connectivity index (χ1v) is 2.00. The fourth-order valence-corrected chi connectivity index (χ4v) is 0.177. The summed E-state index contributed by atoms with van der Waals surface area (Å²) in [6.45, 7) is 7.27. The van der Waals surface area contributed by atoms with Gasteiger partial charge in [-0.25, -0.2) is 0 Å². The van der Waals surface area contributed by atoms with E-state index in [0.29, 0.717) is 0 Å². The first-order valence-electron chi connectivity index (χ1n) is 2.00. The number of hydrogen-bond acceptors (Lipinski definition) is 0. The van der Waals surface area contributed by atoms with Gasteiger partial charge in [0.15, 0.2) is 0 Å². The van der Waals surface area contributed by atoms with Crippen molar-refractivity contribution in [2.75, 3.05) is 0 Å². The molecule has 0 atom stereocenters. The average Bonchev–Trinajstić information content (AvgIpc) is 1.41. The second-order valence-corrected chi connectivity index (χ2v) is 1.06. The van der Waals surface area contributed by atoms with Crippen LogP contribution in [0.1, 0.15) is 19.3 Å². The molecule has 0 amide bonds. The Balaban J connectivity index is 0. The van der Waals surface area contributed by atoms with Gasteiger partial charge >= 0.3 is 21.1 Å². The Morgan fingerprint density at radius 2 is 1.33 bits per heavy atom. The van der Waals surface area contributed by atoms with Crippen LogP contribution in [0.25, 0.3) is 0 Å². The summed E-state index contributed by atoms with van der Waals surface area (Å²) in [5.41, 5.74) is 0. The minimum absolute atomic E-state index is 0. The van der Waals surface area contributed by atoms with Gasteiger partial charge in [0.25, 0.3) is 0 Å². The van der Waals surface area contributed by atoms with Gasteiger partial charge in [0.05, 0.1) is 0 Å². The van der Waals surface area contributed by atoms with Crippen LogP contribution in [0.15, 0.2) is 0 Å². The zero-order valence-corrected chi connectivity index (χ0v) is 6.88. The summed E-state index contributed by atoms with van der Waals surface area (Å²) in [4.78, 5) is 0. The van der Waals surface area contributed by atoms with Gasteiger partial charge in [-0.15, -0.1) is 6.42 Å². The Bertz CT molecular complexity index is 11.4. The third-order valence-corrected chi connectivity index (χ3v) is 0.500. The first-order chi connectivity index (χ1) is 2.41. The summed E-state index contributed by atoms with van der Waals surface area (Å²) in [5.74, 6) is 0. The molecule has 0 aliphatic heterocycles. The van der Waals surface area contributed by atoms with Crippen molar-refractivity contribution in [3.8, 4) is 0 Å². The molecule has 36 valence electrons. The number of hydrogen-bond donors (Lipinski definition) is 0. The van der Waals surface area contributed by atoms with Crippen LogP contribution in [0.5, 0.6) is 0 Å². The van der Waals surface area contributed by atoms with E-state index < -0.39 is 0 Å². The van der Waals surface area contributed by atoms with E-state index in [1.165, 1.54) is 6.42 Å². The zero-order valence-electron chi connectivity index (χ0n) is 3.94. The molecule has 0 nitrogen and oxygen atoms in total. The molecule has 0 aliphatic rings. The van der Waals surface area contributed by atoms with Crippen molar-refractivity contribution in [3.05, 3.63) is 13.8 Å². The number of rotatable bonds is 2. The molecule has 0 bridgehead atoms. The average molecular weight is 254 g/mol. The summed E-state index contributed by atoms with van der Waals surface area (Å²) in [6.07, 6.45) is 3.23. The predicted octanol–water partition coefficient (Wildman–Crippen LogP) is 1.82. The van der Waals surface area contributed by atoms with Crippen molar-refractivity contribution in [2.24, 2.45) is 0 Å². The van der Waals surface area contributed by atoms with Crippen molar-refractivity contribution < 1.29 is 21.1 Å². The molecule has 0 N–H and O–H groups in total. The van der Waals surface area contributed by atoms with Gasteiger partial charge in [-0.2, -0.15) is 12.8 Å². The first kappa shape index (κ1) is 9.85. The number of unbranched alkanes of at least 4 members (excludes halogenated alkanes) is 2. The normalized spacial score (nSPS) is 7.00. The zero-order chi connectivity index (χ0) is 4.12. The van der Waals surface area contributed by atoms with E-state index in [1.807, 2.05) is 0 Å². The molecule has 6 heavy (non-hydrogen) atoms. The van der Waals surface area contributed by atoms with Crippen LogP contribution < -0.4 is 0 Å². The molecule has 0 rings (SSSR count). The Kier molecular flexibility index (Phi) is 15.1. The molecule has 0 aromatic carbocycles. The third-order valence-electron chi connectivity index (χ3n) is 0.500. The molecule has 0 aliphatic carbocycles. The van der Waals surface area contributed by atoms with E-state index in [2.05, 4.69) is 13.8 Å². The molecule has 0 aromatic rings. The second-order valence-electron chi connectivity index (χ2n) is 1.06.